The molecule has 1 aromatic heterocycles. The maximum Gasteiger partial charge on any atom is 0.219 e. The van der Waals surface area contributed by atoms with Gasteiger partial charge >= 0.3 is 0 Å². The summed E-state index contributed by atoms with van der Waals surface area (Å²) < 4.78 is 5.64. The molecule has 108 valence electrons. The third kappa shape index (κ3) is 4.33. The highest BCUT2D eigenvalue weighted by atomic mass is 79.9. The summed E-state index contributed by atoms with van der Waals surface area (Å²) >= 11 is 0. The van der Waals surface area contributed by atoms with Crippen LogP contribution >= 0.6 is 34.0 Å². The minimum atomic E-state index is 0. The van der Waals surface area contributed by atoms with E-state index < -0.39 is 0 Å². The number of anilines is 1. The SMILES string of the molecule is Br.Br.c1cc2c(nc1NC1CCCC1)OCCNC2. The molecule has 3 rings (SSSR count). The van der Waals surface area contributed by atoms with Gasteiger partial charge in [0.05, 0.1) is 0 Å². The summed E-state index contributed by atoms with van der Waals surface area (Å²) in [6.07, 6.45) is 5.20. The van der Waals surface area contributed by atoms with Gasteiger partial charge in [-0.1, -0.05) is 12.8 Å². The van der Waals surface area contributed by atoms with E-state index in [4.69, 9.17) is 4.74 Å². The molecule has 0 unspecified atom stereocenters. The van der Waals surface area contributed by atoms with Gasteiger partial charge in [-0.3, -0.25) is 0 Å². The normalized spacial score (nSPS) is 18.3. The van der Waals surface area contributed by atoms with Crippen LogP contribution in [0.3, 0.4) is 0 Å². The van der Waals surface area contributed by atoms with Gasteiger partial charge in [0, 0.05) is 24.7 Å². The summed E-state index contributed by atoms with van der Waals surface area (Å²) in [5.41, 5.74) is 1.15. The van der Waals surface area contributed by atoms with E-state index in [1.54, 1.807) is 0 Å². The fourth-order valence-corrected chi connectivity index (χ4v) is 2.53. The van der Waals surface area contributed by atoms with Crippen molar-refractivity contribution < 1.29 is 4.74 Å². The van der Waals surface area contributed by atoms with Gasteiger partial charge in [-0.05, 0) is 25.0 Å². The zero-order valence-electron chi connectivity index (χ0n) is 10.9. The maximum atomic E-state index is 5.64. The molecule has 4 nitrogen and oxygen atoms in total. The van der Waals surface area contributed by atoms with E-state index in [9.17, 15) is 0 Å². The molecule has 2 N–H and O–H groups in total. The van der Waals surface area contributed by atoms with Gasteiger partial charge in [0.2, 0.25) is 5.88 Å². The fourth-order valence-electron chi connectivity index (χ4n) is 2.53. The van der Waals surface area contributed by atoms with Crippen molar-refractivity contribution in [2.75, 3.05) is 18.5 Å². The van der Waals surface area contributed by atoms with Crippen molar-refractivity contribution >= 4 is 39.8 Å². The summed E-state index contributed by atoms with van der Waals surface area (Å²) in [4.78, 5) is 4.56. The Morgan fingerprint density at radius 3 is 2.79 bits per heavy atom. The van der Waals surface area contributed by atoms with Gasteiger partial charge in [-0.25, -0.2) is 0 Å². The van der Waals surface area contributed by atoms with E-state index in [2.05, 4.69) is 27.8 Å². The molecule has 0 atom stereocenters. The lowest BCUT2D eigenvalue weighted by Gasteiger charge is -2.14. The Bertz CT molecular complexity index is 397. The average Bonchev–Trinajstić information content (AvgIpc) is 2.73. The van der Waals surface area contributed by atoms with Crippen molar-refractivity contribution in [2.24, 2.45) is 0 Å². The molecule has 0 spiro atoms. The van der Waals surface area contributed by atoms with Crippen molar-refractivity contribution in [1.29, 1.82) is 0 Å². The first-order valence-corrected chi connectivity index (χ1v) is 6.52. The summed E-state index contributed by atoms with van der Waals surface area (Å²) in [5, 5.41) is 6.81. The molecular weight excluding hydrogens is 374 g/mol. The number of nitrogens with zero attached hydrogens (tertiary/aromatic N) is 1. The first-order chi connectivity index (χ1) is 8.42. The molecule has 2 heterocycles. The Labute approximate surface area is 135 Å². The molecule has 1 aliphatic heterocycles. The number of halogens is 2. The van der Waals surface area contributed by atoms with Crippen LogP contribution in [0.4, 0.5) is 5.82 Å². The van der Waals surface area contributed by atoms with Crippen molar-refractivity contribution in [1.82, 2.24) is 10.3 Å². The molecule has 1 fully saturated rings. The lowest BCUT2D eigenvalue weighted by Crippen LogP contribution is -2.16. The number of rotatable bonds is 2. The predicted molar refractivity (Wildman–Crippen MR) is 88.0 cm³/mol. The minimum absolute atomic E-state index is 0. The lowest BCUT2D eigenvalue weighted by molar-refractivity contribution is 0.314. The van der Waals surface area contributed by atoms with Crippen LogP contribution in [0.2, 0.25) is 0 Å². The minimum Gasteiger partial charge on any atom is -0.476 e. The fraction of sp³-hybridized carbons (Fsp3) is 0.615. The average molecular weight is 395 g/mol. The molecule has 19 heavy (non-hydrogen) atoms. The second-order valence-electron chi connectivity index (χ2n) is 4.81. The smallest absolute Gasteiger partial charge is 0.219 e. The second kappa shape index (κ2) is 8.07. The monoisotopic (exact) mass is 393 g/mol. The number of fused-ring (bicyclic) bond motifs is 1. The largest absolute Gasteiger partial charge is 0.476 e. The standard InChI is InChI=1S/C13H19N3O.2BrH/c1-2-4-11(3-1)15-12-6-5-10-9-14-7-8-17-13(10)16-12;;/h5-6,11,14H,1-4,7-9H2,(H,15,16);2*1H. The summed E-state index contributed by atoms with van der Waals surface area (Å²) in [6, 6.07) is 4.77. The number of aromatic nitrogens is 1. The predicted octanol–water partition coefficient (Wildman–Crippen LogP) is 3.07. The Hall–Kier alpha value is -0.330. The first-order valence-electron chi connectivity index (χ1n) is 6.52. The topological polar surface area (TPSA) is 46.2 Å². The number of pyridine rings is 1. The van der Waals surface area contributed by atoms with Gasteiger partial charge in [0.25, 0.3) is 0 Å². The van der Waals surface area contributed by atoms with Crippen LogP contribution in [0.15, 0.2) is 12.1 Å². The van der Waals surface area contributed by atoms with E-state index in [1.807, 2.05) is 0 Å². The highest BCUT2D eigenvalue weighted by Gasteiger charge is 2.16. The van der Waals surface area contributed by atoms with Crippen molar-refractivity contribution in [2.45, 2.75) is 38.3 Å². The summed E-state index contributed by atoms with van der Waals surface area (Å²) in [5.74, 6) is 1.75. The van der Waals surface area contributed by atoms with E-state index in [0.29, 0.717) is 12.6 Å². The van der Waals surface area contributed by atoms with Gasteiger partial charge in [-0.2, -0.15) is 4.98 Å². The molecular formula is C13H21Br2N3O. The Kier molecular flexibility index (Phi) is 7.10. The second-order valence-corrected chi connectivity index (χ2v) is 4.81. The Morgan fingerprint density at radius 1 is 1.21 bits per heavy atom. The number of hydrogen-bond donors (Lipinski definition) is 2. The molecule has 0 aromatic carbocycles. The molecule has 0 bridgehead atoms. The summed E-state index contributed by atoms with van der Waals surface area (Å²) in [7, 11) is 0. The molecule has 0 amide bonds. The van der Waals surface area contributed by atoms with Gasteiger partial charge in [-0.15, -0.1) is 34.0 Å². The quantitative estimate of drug-likeness (QED) is 0.809. The third-order valence-electron chi connectivity index (χ3n) is 3.48. The van der Waals surface area contributed by atoms with Gasteiger partial charge in [0.15, 0.2) is 0 Å². The summed E-state index contributed by atoms with van der Waals surface area (Å²) in [6.45, 7) is 2.45. The number of hydrogen-bond acceptors (Lipinski definition) is 4. The van der Waals surface area contributed by atoms with Crippen LogP contribution in [0, 0.1) is 0 Å². The molecule has 1 saturated carbocycles. The van der Waals surface area contributed by atoms with Crippen LogP contribution in [0.25, 0.3) is 0 Å². The Morgan fingerprint density at radius 2 is 2.00 bits per heavy atom. The van der Waals surface area contributed by atoms with Crippen LogP contribution in [-0.2, 0) is 6.54 Å². The lowest BCUT2D eigenvalue weighted by atomic mass is 10.2. The zero-order chi connectivity index (χ0) is 11.5. The van der Waals surface area contributed by atoms with Crippen molar-refractivity contribution in [3.8, 4) is 5.88 Å². The molecule has 1 aliphatic carbocycles. The van der Waals surface area contributed by atoms with E-state index in [-0.39, 0.29) is 34.0 Å². The number of nitrogens with one attached hydrogen (secondary N) is 2. The molecule has 0 saturated heterocycles. The van der Waals surface area contributed by atoms with Gasteiger partial charge in [0.1, 0.15) is 12.4 Å². The van der Waals surface area contributed by atoms with E-state index in [0.717, 1.165) is 30.4 Å². The van der Waals surface area contributed by atoms with E-state index >= 15 is 0 Å². The van der Waals surface area contributed by atoms with Crippen LogP contribution in [0.1, 0.15) is 31.2 Å². The zero-order valence-corrected chi connectivity index (χ0v) is 14.3. The van der Waals surface area contributed by atoms with Crippen molar-refractivity contribution in [3.63, 3.8) is 0 Å². The van der Waals surface area contributed by atoms with Crippen molar-refractivity contribution in [3.05, 3.63) is 17.7 Å². The van der Waals surface area contributed by atoms with Gasteiger partial charge < -0.3 is 15.4 Å². The molecule has 2 aliphatic rings. The highest BCUT2D eigenvalue weighted by molar-refractivity contribution is 8.93. The molecule has 0 radical (unpaired) electrons. The molecule has 1 aromatic rings. The van der Waals surface area contributed by atoms with Crippen LogP contribution < -0.4 is 15.4 Å². The third-order valence-corrected chi connectivity index (χ3v) is 3.48. The Balaban J connectivity index is 0.000000902. The number of ether oxygens (including phenoxy) is 1. The van der Waals surface area contributed by atoms with Crippen LogP contribution in [0.5, 0.6) is 5.88 Å². The van der Waals surface area contributed by atoms with Crippen LogP contribution in [-0.4, -0.2) is 24.2 Å². The van der Waals surface area contributed by atoms with E-state index in [1.165, 1.54) is 25.7 Å². The maximum absolute atomic E-state index is 5.64. The highest BCUT2D eigenvalue weighted by Crippen LogP contribution is 2.24. The first kappa shape index (κ1) is 16.7. The molecule has 6 heteroatoms.